The van der Waals surface area contributed by atoms with Crippen molar-refractivity contribution in [1.29, 1.82) is 10.5 Å². The Morgan fingerprint density at radius 1 is 1.06 bits per heavy atom. The largest absolute Gasteiger partial charge is 0.427 e. The van der Waals surface area contributed by atoms with E-state index in [0.29, 0.717) is 19.6 Å². The third-order valence-corrected chi connectivity index (χ3v) is 3.22. The smallest absolute Gasteiger partial charge is 0.286 e. The van der Waals surface area contributed by atoms with E-state index in [0.717, 1.165) is 12.8 Å². The summed E-state index contributed by atoms with van der Waals surface area (Å²) in [5.41, 5.74) is 0.0618. The highest BCUT2D eigenvalue weighted by atomic mass is 16.5. The van der Waals surface area contributed by atoms with Gasteiger partial charge in [-0.1, -0.05) is 34.1 Å². The molecule has 0 aliphatic rings. The number of rotatable bonds is 8. The van der Waals surface area contributed by atoms with Gasteiger partial charge in [-0.3, -0.25) is 0 Å². The summed E-state index contributed by atoms with van der Waals surface area (Å²) in [6, 6.07) is 0. The van der Waals surface area contributed by atoms with Crippen LogP contribution in [-0.2, 0) is 9.47 Å². The molecule has 0 aromatic heterocycles. The van der Waals surface area contributed by atoms with Crippen LogP contribution in [0.4, 0.5) is 0 Å². The molecule has 0 N–H and O–H groups in total. The van der Waals surface area contributed by atoms with Crippen molar-refractivity contribution in [3.05, 3.63) is 0 Å². The minimum Gasteiger partial charge on any atom is -0.427 e. The van der Waals surface area contributed by atoms with Crippen molar-refractivity contribution in [2.45, 2.75) is 47.0 Å². The molecule has 0 aromatic carbocycles. The third kappa shape index (κ3) is 6.68. The fourth-order valence-electron chi connectivity index (χ4n) is 2.04. The van der Waals surface area contributed by atoms with Gasteiger partial charge in [0.15, 0.2) is 0 Å². The molecule has 0 amide bonds. The van der Waals surface area contributed by atoms with Gasteiger partial charge in [0.2, 0.25) is 0 Å². The van der Waals surface area contributed by atoms with Crippen molar-refractivity contribution in [2.24, 2.45) is 10.8 Å². The number of ether oxygens (including phenoxy) is 2. The van der Waals surface area contributed by atoms with E-state index in [-0.39, 0.29) is 10.8 Å². The van der Waals surface area contributed by atoms with Crippen LogP contribution >= 0.6 is 0 Å². The van der Waals surface area contributed by atoms with Crippen molar-refractivity contribution in [3.63, 3.8) is 0 Å². The zero-order valence-corrected chi connectivity index (χ0v) is 11.2. The van der Waals surface area contributed by atoms with Crippen molar-refractivity contribution < 1.29 is 9.47 Å². The van der Waals surface area contributed by atoms with E-state index in [2.05, 4.69) is 27.7 Å². The van der Waals surface area contributed by atoms with Gasteiger partial charge in [-0.15, -0.1) is 0 Å². The van der Waals surface area contributed by atoms with E-state index in [1.807, 2.05) is 0 Å². The van der Waals surface area contributed by atoms with Crippen LogP contribution in [-0.4, -0.2) is 13.2 Å². The second-order valence-corrected chi connectivity index (χ2v) is 5.57. The van der Waals surface area contributed by atoms with E-state index < -0.39 is 0 Å². The van der Waals surface area contributed by atoms with Crippen molar-refractivity contribution in [2.75, 3.05) is 13.2 Å². The van der Waals surface area contributed by atoms with Gasteiger partial charge in [0.1, 0.15) is 13.2 Å². The molecular formula is C13H22N2O2. The Morgan fingerprint density at radius 2 is 1.65 bits per heavy atom. The predicted octanol–water partition coefficient (Wildman–Crippen LogP) is 3.20. The molecule has 0 radical (unpaired) electrons. The summed E-state index contributed by atoms with van der Waals surface area (Å²) < 4.78 is 9.61. The fraction of sp³-hybridized carbons (Fsp3) is 0.846. The van der Waals surface area contributed by atoms with E-state index >= 15 is 0 Å². The number of nitriles is 2. The molecule has 0 bridgehead atoms. The average molecular weight is 238 g/mol. The molecule has 17 heavy (non-hydrogen) atoms. The average Bonchev–Trinajstić information content (AvgIpc) is 2.26. The van der Waals surface area contributed by atoms with Gasteiger partial charge in [0, 0.05) is 5.41 Å². The van der Waals surface area contributed by atoms with Crippen molar-refractivity contribution in [3.8, 4) is 12.5 Å². The first-order chi connectivity index (χ1) is 7.89. The highest BCUT2D eigenvalue weighted by Gasteiger charge is 2.32. The number of hydrogen-bond donors (Lipinski definition) is 0. The first kappa shape index (κ1) is 15.6. The standard InChI is InChI=1S/C13H22N2O2/c1-5-12(2,3)8-13(4,9-17-11-15)6-7-16-10-14/h5-9H2,1-4H3. The zero-order chi connectivity index (χ0) is 13.4. The number of nitrogens with zero attached hydrogens (tertiary/aromatic N) is 2. The fourth-order valence-corrected chi connectivity index (χ4v) is 2.04. The molecule has 0 rings (SSSR count). The summed E-state index contributed by atoms with van der Waals surface area (Å²) in [5.74, 6) is 0. The summed E-state index contributed by atoms with van der Waals surface area (Å²) in [7, 11) is 0. The second kappa shape index (κ2) is 7.01. The molecule has 0 aliphatic heterocycles. The quantitative estimate of drug-likeness (QED) is 0.481. The molecule has 0 fully saturated rings. The van der Waals surface area contributed by atoms with Gasteiger partial charge in [-0.25, -0.2) is 0 Å². The monoisotopic (exact) mass is 238 g/mol. The predicted molar refractivity (Wildman–Crippen MR) is 64.5 cm³/mol. The SMILES string of the molecule is CCC(C)(C)CC(C)(CCOC#N)COC#N. The lowest BCUT2D eigenvalue weighted by Crippen LogP contribution is -2.30. The Morgan fingerprint density at radius 3 is 2.12 bits per heavy atom. The van der Waals surface area contributed by atoms with Crippen LogP contribution in [0.3, 0.4) is 0 Å². The molecular weight excluding hydrogens is 216 g/mol. The van der Waals surface area contributed by atoms with Crippen molar-refractivity contribution in [1.82, 2.24) is 0 Å². The van der Waals surface area contributed by atoms with Gasteiger partial charge < -0.3 is 9.47 Å². The molecule has 1 unspecified atom stereocenters. The molecule has 0 aliphatic carbocycles. The maximum absolute atomic E-state index is 8.50. The summed E-state index contributed by atoms with van der Waals surface area (Å²) in [6.45, 7) is 9.37. The Labute approximate surface area is 104 Å². The Balaban J connectivity index is 4.50. The highest BCUT2D eigenvalue weighted by molar-refractivity contribution is 4.83. The van der Waals surface area contributed by atoms with E-state index in [9.17, 15) is 0 Å². The summed E-state index contributed by atoms with van der Waals surface area (Å²) >= 11 is 0. The molecule has 96 valence electrons. The molecule has 1 atom stereocenters. The first-order valence-electron chi connectivity index (χ1n) is 5.91. The second-order valence-electron chi connectivity index (χ2n) is 5.57. The van der Waals surface area contributed by atoms with E-state index in [1.54, 1.807) is 12.5 Å². The molecule has 0 saturated carbocycles. The molecule has 0 aromatic rings. The summed E-state index contributed by atoms with van der Waals surface area (Å²) in [6.07, 6.45) is 6.09. The molecule has 0 heterocycles. The zero-order valence-electron chi connectivity index (χ0n) is 11.2. The molecule has 4 nitrogen and oxygen atoms in total. The van der Waals surface area contributed by atoms with Crippen LogP contribution in [0.5, 0.6) is 0 Å². The van der Waals surface area contributed by atoms with Crippen molar-refractivity contribution >= 4 is 0 Å². The van der Waals surface area contributed by atoms with Gasteiger partial charge in [0.05, 0.1) is 0 Å². The lowest BCUT2D eigenvalue weighted by molar-refractivity contribution is 0.0561. The Kier molecular flexibility index (Phi) is 6.43. The van der Waals surface area contributed by atoms with Crippen LogP contribution in [0.1, 0.15) is 47.0 Å². The lowest BCUT2D eigenvalue weighted by atomic mass is 9.71. The number of hydrogen-bond acceptors (Lipinski definition) is 4. The van der Waals surface area contributed by atoms with Crippen LogP contribution < -0.4 is 0 Å². The minimum absolute atomic E-state index is 0.133. The van der Waals surface area contributed by atoms with Crippen LogP contribution in [0.2, 0.25) is 0 Å². The van der Waals surface area contributed by atoms with Gasteiger partial charge >= 0.3 is 0 Å². The van der Waals surface area contributed by atoms with E-state index in [1.165, 1.54) is 0 Å². The normalized spacial score (nSPS) is 14.2. The maximum Gasteiger partial charge on any atom is 0.286 e. The van der Waals surface area contributed by atoms with Crippen LogP contribution in [0.15, 0.2) is 0 Å². The van der Waals surface area contributed by atoms with Crippen LogP contribution in [0.25, 0.3) is 0 Å². The Bertz CT molecular complexity index is 302. The first-order valence-corrected chi connectivity index (χ1v) is 5.91. The van der Waals surface area contributed by atoms with Gasteiger partial charge in [-0.05, 0) is 18.3 Å². The highest BCUT2D eigenvalue weighted by Crippen LogP contribution is 2.38. The minimum atomic E-state index is -0.133. The topological polar surface area (TPSA) is 66.0 Å². The maximum atomic E-state index is 8.50. The summed E-state index contributed by atoms with van der Waals surface area (Å²) in [5, 5.41) is 16.9. The lowest BCUT2D eigenvalue weighted by Gasteiger charge is -2.35. The molecule has 4 heteroatoms. The van der Waals surface area contributed by atoms with E-state index in [4.69, 9.17) is 20.0 Å². The molecule has 0 saturated heterocycles. The Hall–Kier alpha value is -1.42. The molecule has 0 spiro atoms. The van der Waals surface area contributed by atoms with Crippen LogP contribution in [0, 0.1) is 33.9 Å². The third-order valence-electron chi connectivity index (χ3n) is 3.22. The summed E-state index contributed by atoms with van der Waals surface area (Å²) in [4.78, 5) is 0. The van der Waals surface area contributed by atoms with Gasteiger partial charge in [-0.2, -0.15) is 10.5 Å². The van der Waals surface area contributed by atoms with Gasteiger partial charge in [0.25, 0.3) is 12.5 Å².